The highest BCUT2D eigenvalue weighted by atomic mass is 16.2. The molecule has 0 bridgehead atoms. The van der Waals surface area contributed by atoms with Crippen molar-refractivity contribution in [1.29, 1.82) is 0 Å². The molecule has 1 N–H and O–H groups in total. The highest BCUT2D eigenvalue weighted by Gasteiger charge is 2.12. The highest BCUT2D eigenvalue weighted by molar-refractivity contribution is 5.81. The number of carbonyl (C=O) groups excluding carboxylic acids is 1. The van der Waals surface area contributed by atoms with E-state index in [9.17, 15) is 4.79 Å². The second kappa shape index (κ2) is 6.31. The van der Waals surface area contributed by atoms with Gasteiger partial charge in [-0.15, -0.1) is 0 Å². The first kappa shape index (κ1) is 11.8. The molecule has 2 atom stereocenters. The van der Waals surface area contributed by atoms with E-state index < -0.39 is 6.04 Å². The summed E-state index contributed by atoms with van der Waals surface area (Å²) in [5, 5.41) is 6.07. The number of rotatable bonds is 5. The Labute approximate surface area is 78.1 Å². The van der Waals surface area contributed by atoms with Crippen LogP contribution in [0.15, 0.2) is 5.11 Å². The molecule has 0 aromatic carbocycles. The van der Waals surface area contributed by atoms with Gasteiger partial charge in [-0.1, -0.05) is 18.5 Å². The fraction of sp³-hybridized carbons (Fsp3) is 0.875. The predicted octanol–water partition coefficient (Wildman–Crippen LogP) is 1.99. The van der Waals surface area contributed by atoms with Crippen LogP contribution in [0.5, 0.6) is 0 Å². The Balaban J connectivity index is 3.91. The number of amides is 1. The normalized spacial score (nSPS) is 14.1. The van der Waals surface area contributed by atoms with E-state index in [0.717, 1.165) is 12.8 Å². The second-order valence-electron chi connectivity index (χ2n) is 3.08. The maximum Gasteiger partial charge on any atom is 0.228 e. The molecule has 0 aromatic heterocycles. The van der Waals surface area contributed by atoms with Crippen LogP contribution in [-0.2, 0) is 4.79 Å². The van der Waals surface area contributed by atoms with Gasteiger partial charge in [0.1, 0.15) is 6.04 Å². The van der Waals surface area contributed by atoms with Crippen LogP contribution in [0.3, 0.4) is 0 Å². The molecule has 74 valence electrons. The smallest absolute Gasteiger partial charge is 0.228 e. The molecule has 0 saturated carbocycles. The van der Waals surface area contributed by atoms with Crippen LogP contribution >= 0.6 is 0 Å². The van der Waals surface area contributed by atoms with Crippen LogP contribution in [-0.4, -0.2) is 18.0 Å². The first-order valence-electron chi connectivity index (χ1n) is 4.46. The Bertz CT molecular complexity index is 210. The molecule has 0 heterocycles. The molecule has 2 unspecified atom stereocenters. The van der Waals surface area contributed by atoms with Gasteiger partial charge in [0.05, 0.1) is 0 Å². The van der Waals surface area contributed by atoms with E-state index in [2.05, 4.69) is 22.3 Å². The minimum Gasteiger partial charge on any atom is -0.353 e. The quantitative estimate of drug-likeness (QED) is 0.396. The summed E-state index contributed by atoms with van der Waals surface area (Å²) in [5.74, 6) is -0.209. The summed E-state index contributed by atoms with van der Waals surface area (Å²) in [6.45, 7) is 5.57. The van der Waals surface area contributed by atoms with Gasteiger partial charge in [-0.2, -0.15) is 0 Å². The Kier molecular flexibility index (Phi) is 5.72. The van der Waals surface area contributed by atoms with Gasteiger partial charge < -0.3 is 5.32 Å². The Morgan fingerprint density at radius 1 is 1.62 bits per heavy atom. The van der Waals surface area contributed by atoms with Crippen LogP contribution in [0.25, 0.3) is 10.4 Å². The molecular formula is C8H16N4O. The molecular weight excluding hydrogens is 168 g/mol. The maximum atomic E-state index is 11.2. The van der Waals surface area contributed by atoms with E-state index in [1.165, 1.54) is 0 Å². The Morgan fingerprint density at radius 2 is 2.23 bits per heavy atom. The summed E-state index contributed by atoms with van der Waals surface area (Å²) in [7, 11) is 0. The van der Waals surface area contributed by atoms with E-state index in [0.29, 0.717) is 0 Å². The first-order valence-corrected chi connectivity index (χ1v) is 4.46. The summed E-state index contributed by atoms with van der Waals surface area (Å²) < 4.78 is 0. The molecule has 0 spiro atoms. The van der Waals surface area contributed by atoms with Gasteiger partial charge >= 0.3 is 0 Å². The number of hydrogen-bond acceptors (Lipinski definition) is 2. The van der Waals surface area contributed by atoms with Crippen LogP contribution in [0.2, 0.25) is 0 Å². The molecule has 0 fully saturated rings. The molecule has 0 rings (SSSR count). The highest BCUT2D eigenvalue weighted by Crippen LogP contribution is 1.97. The second-order valence-corrected chi connectivity index (χ2v) is 3.08. The average Bonchev–Trinajstić information content (AvgIpc) is 2.05. The first-order chi connectivity index (χ1) is 6.11. The molecule has 13 heavy (non-hydrogen) atoms. The molecule has 5 nitrogen and oxygen atoms in total. The van der Waals surface area contributed by atoms with Crippen LogP contribution < -0.4 is 5.32 Å². The minimum absolute atomic E-state index is 0.147. The zero-order valence-electron chi connectivity index (χ0n) is 8.32. The van der Waals surface area contributed by atoms with Gasteiger partial charge in [-0.3, -0.25) is 4.79 Å². The van der Waals surface area contributed by atoms with Crippen molar-refractivity contribution in [3.8, 4) is 0 Å². The maximum absolute atomic E-state index is 11.2. The van der Waals surface area contributed by atoms with E-state index in [4.69, 9.17) is 5.53 Å². The molecule has 0 aliphatic heterocycles. The van der Waals surface area contributed by atoms with Gasteiger partial charge in [-0.05, 0) is 25.8 Å². The van der Waals surface area contributed by atoms with Crippen LogP contribution in [0.1, 0.15) is 33.6 Å². The standard InChI is InChI=1S/C8H16N4O/c1-4-5-6(2)10-8(13)7(3)11-12-9/h6-7H,4-5H2,1-3H3,(H,10,13). The lowest BCUT2D eigenvalue weighted by molar-refractivity contribution is -0.122. The van der Waals surface area contributed by atoms with Crippen molar-refractivity contribution in [2.45, 2.75) is 45.7 Å². The van der Waals surface area contributed by atoms with E-state index in [1.807, 2.05) is 6.92 Å². The fourth-order valence-corrected chi connectivity index (χ4v) is 0.999. The SMILES string of the molecule is CCCC(C)NC(=O)C(C)N=[N+]=[N-]. The zero-order valence-corrected chi connectivity index (χ0v) is 8.32. The summed E-state index contributed by atoms with van der Waals surface area (Å²) >= 11 is 0. The molecule has 1 amide bonds. The zero-order chi connectivity index (χ0) is 10.3. The van der Waals surface area contributed by atoms with E-state index in [-0.39, 0.29) is 11.9 Å². The lowest BCUT2D eigenvalue weighted by Gasteiger charge is -2.13. The van der Waals surface area contributed by atoms with Gasteiger partial charge in [0, 0.05) is 11.0 Å². The lowest BCUT2D eigenvalue weighted by atomic mass is 10.2. The Morgan fingerprint density at radius 3 is 2.69 bits per heavy atom. The lowest BCUT2D eigenvalue weighted by Crippen LogP contribution is -2.37. The largest absolute Gasteiger partial charge is 0.353 e. The van der Waals surface area contributed by atoms with Crippen LogP contribution in [0.4, 0.5) is 0 Å². The van der Waals surface area contributed by atoms with Crippen molar-refractivity contribution in [3.05, 3.63) is 10.4 Å². The average molecular weight is 184 g/mol. The van der Waals surface area contributed by atoms with Gasteiger partial charge in [0.2, 0.25) is 5.91 Å². The van der Waals surface area contributed by atoms with Crippen molar-refractivity contribution in [1.82, 2.24) is 5.32 Å². The van der Waals surface area contributed by atoms with E-state index in [1.54, 1.807) is 6.92 Å². The monoisotopic (exact) mass is 184 g/mol. The fourth-order valence-electron chi connectivity index (χ4n) is 0.999. The predicted molar refractivity (Wildman–Crippen MR) is 51.1 cm³/mol. The molecule has 0 radical (unpaired) electrons. The third-order valence-corrected chi connectivity index (χ3v) is 1.71. The number of azide groups is 1. The Hall–Kier alpha value is -1.22. The number of carbonyl (C=O) groups is 1. The summed E-state index contributed by atoms with van der Waals surface area (Å²) in [6.07, 6.45) is 1.96. The number of hydrogen-bond donors (Lipinski definition) is 1. The topological polar surface area (TPSA) is 77.9 Å². The molecule has 0 aliphatic rings. The van der Waals surface area contributed by atoms with Crippen molar-refractivity contribution >= 4 is 5.91 Å². The molecule has 0 aromatic rings. The van der Waals surface area contributed by atoms with Crippen LogP contribution in [0, 0.1) is 0 Å². The third kappa shape index (κ3) is 5.09. The summed E-state index contributed by atoms with van der Waals surface area (Å²) in [6, 6.07) is -0.474. The molecule has 5 heteroatoms. The van der Waals surface area contributed by atoms with Gasteiger partial charge in [0.25, 0.3) is 0 Å². The molecule has 0 saturated heterocycles. The molecule has 0 aliphatic carbocycles. The summed E-state index contributed by atoms with van der Waals surface area (Å²) in [5.41, 5.74) is 8.10. The third-order valence-electron chi connectivity index (χ3n) is 1.71. The van der Waals surface area contributed by atoms with Crippen molar-refractivity contribution in [3.63, 3.8) is 0 Å². The minimum atomic E-state index is -0.621. The van der Waals surface area contributed by atoms with Gasteiger partial charge in [0.15, 0.2) is 0 Å². The van der Waals surface area contributed by atoms with Crippen molar-refractivity contribution in [2.75, 3.05) is 0 Å². The van der Waals surface area contributed by atoms with Crippen molar-refractivity contribution in [2.24, 2.45) is 5.11 Å². The number of nitrogens with one attached hydrogen (secondary N) is 1. The summed E-state index contributed by atoms with van der Waals surface area (Å²) in [4.78, 5) is 13.8. The van der Waals surface area contributed by atoms with E-state index >= 15 is 0 Å². The van der Waals surface area contributed by atoms with Gasteiger partial charge in [-0.25, -0.2) is 0 Å². The number of nitrogens with zero attached hydrogens (tertiary/aromatic N) is 3. The van der Waals surface area contributed by atoms with Crippen molar-refractivity contribution < 1.29 is 4.79 Å².